The number of aliphatic hydroxyl groups is 1. The molecule has 0 aliphatic rings. The summed E-state index contributed by atoms with van der Waals surface area (Å²) >= 11 is 0. The SMILES string of the molecule is CC(C)c1ccc(CO)cc1C(F)F. The zero-order chi connectivity index (χ0) is 10.7. The van der Waals surface area contributed by atoms with E-state index in [1.807, 2.05) is 13.8 Å². The molecule has 14 heavy (non-hydrogen) atoms. The normalized spacial score (nSPS) is 11.4. The first-order valence-corrected chi connectivity index (χ1v) is 4.58. The van der Waals surface area contributed by atoms with Crippen LogP contribution in [0.1, 0.15) is 42.9 Å². The lowest BCUT2D eigenvalue weighted by Crippen LogP contribution is -1.98. The van der Waals surface area contributed by atoms with Gasteiger partial charge in [0.05, 0.1) is 6.61 Å². The molecule has 0 atom stereocenters. The molecule has 3 heteroatoms. The maximum atomic E-state index is 12.6. The van der Waals surface area contributed by atoms with Crippen LogP contribution < -0.4 is 0 Å². The van der Waals surface area contributed by atoms with Crippen LogP contribution in [0.25, 0.3) is 0 Å². The van der Waals surface area contributed by atoms with E-state index in [0.29, 0.717) is 11.1 Å². The van der Waals surface area contributed by atoms with Crippen molar-refractivity contribution in [1.82, 2.24) is 0 Å². The summed E-state index contributed by atoms with van der Waals surface area (Å²) in [6, 6.07) is 4.72. The minimum absolute atomic E-state index is 0.0338. The van der Waals surface area contributed by atoms with Crippen LogP contribution >= 0.6 is 0 Å². The van der Waals surface area contributed by atoms with Crippen LogP contribution in [0.3, 0.4) is 0 Å². The maximum Gasteiger partial charge on any atom is 0.264 e. The van der Waals surface area contributed by atoms with Crippen molar-refractivity contribution in [2.75, 3.05) is 0 Å². The molecular formula is C11H14F2O. The van der Waals surface area contributed by atoms with Crippen molar-refractivity contribution >= 4 is 0 Å². The van der Waals surface area contributed by atoms with Crippen LogP contribution in [-0.2, 0) is 6.61 Å². The van der Waals surface area contributed by atoms with Gasteiger partial charge in [-0.1, -0.05) is 26.0 Å². The van der Waals surface area contributed by atoms with Gasteiger partial charge in [0.15, 0.2) is 0 Å². The zero-order valence-electron chi connectivity index (χ0n) is 8.30. The van der Waals surface area contributed by atoms with Crippen LogP contribution in [0.15, 0.2) is 18.2 Å². The van der Waals surface area contributed by atoms with Crippen molar-refractivity contribution in [3.8, 4) is 0 Å². The summed E-state index contributed by atoms with van der Waals surface area (Å²) in [5.41, 5.74) is 1.22. The molecule has 1 aromatic carbocycles. The fourth-order valence-electron chi connectivity index (χ4n) is 1.44. The van der Waals surface area contributed by atoms with E-state index in [-0.39, 0.29) is 18.1 Å². The average molecular weight is 200 g/mol. The van der Waals surface area contributed by atoms with Gasteiger partial charge in [-0.2, -0.15) is 0 Å². The molecule has 0 aliphatic carbocycles. The monoisotopic (exact) mass is 200 g/mol. The minimum atomic E-state index is -2.47. The molecule has 0 aliphatic heterocycles. The van der Waals surface area contributed by atoms with Crippen molar-refractivity contribution in [2.45, 2.75) is 32.8 Å². The summed E-state index contributed by atoms with van der Waals surface area (Å²) in [5.74, 6) is 0.0757. The molecule has 0 unspecified atom stereocenters. The van der Waals surface area contributed by atoms with E-state index in [1.165, 1.54) is 6.07 Å². The van der Waals surface area contributed by atoms with Gasteiger partial charge in [0.1, 0.15) is 0 Å². The van der Waals surface area contributed by atoms with Crippen molar-refractivity contribution in [3.63, 3.8) is 0 Å². The molecule has 1 nitrogen and oxygen atoms in total. The largest absolute Gasteiger partial charge is 0.392 e. The Morgan fingerprint density at radius 3 is 2.29 bits per heavy atom. The van der Waals surface area contributed by atoms with Gasteiger partial charge in [0.2, 0.25) is 0 Å². The van der Waals surface area contributed by atoms with Crippen molar-refractivity contribution in [1.29, 1.82) is 0 Å². The number of hydrogen-bond donors (Lipinski definition) is 1. The fourth-order valence-corrected chi connectivity index (χ4v) is 1.44. The van der Waals surface area contributed by atoms with E-state index in [9.17, 15) is 8.78 Å². The molecule has 0 heterocycles. The molecule has 1 rings (SSSR count). The number of rotatable bonds is 3. The fraction of sp³-hybridized carbons (Fsp3) is 0.455. The van der Waals surface area contributed by atoms with Crippen LogP contribution in [0.5, 0.6) is 0 Å². The highest BCUT2D eigenvalue weighted by Gasteiger charge is 2.15. The van der Waals surface area contributed by atoms with Crippen molar-refractivity contribution < 1.29 is 13.9 Å². The predicted octanol–water partition coefficient (Wildman–Crippen LogP) is 3.24. The highest BCUT2D eigenvalue weighted by molar-refractivity contribution is 5.34. The standard InChI is InChI=1S/C11H14F2O/c1-7(2)9-4-3-8(6-14)5-10(9)11(12)13/h3-5,7,11,14H,6H2,1-2H3. The molecule has 0 radical (unpaired) electrons. The summed E-state index contributed by atoms with van der Waals surface area (Å²) in [7, 11) is 0. The van der Waals surface area contributed by atoms with E-state index in [0.717, 1.165) is 0 Å². The predicted molar refractivity (Wildman–Crippen MR) is 51.4 cm³/mol. The Labute approximate surface area is 82.4 Å². The number of aliphatic hydroxyl groups excluding tert-OH is 1. The van der Waals surface area contributed by atoms with Crippen LogP contribution in [0.2, 0.25) is 0 Å². The third-order valence-corrected chi connectivity index (χ3v) is 2.19. The first kappa shape index (κ1) is 11.1. The Morgan fingerprint density at radius 1 is 1.21 bits per heavy atom. The second kappa shape index (κ2) is 4.51. The molecule has 1 aromatic rings. The Bertz CT molecular complexity index is 308. The van der Waals surface area contributed by atoms with Crippen molar-refractivity contribution in [3.05, 3.63) is 34.9 Å². The molecule has 0 saturated carbocycles. The number of halogens is 2. The van der Waals surface area contributed by atoms with E-state index in [1.54, 1.807) is 12.1 Å². The topological polar surface area (TPSA) is 20.2 Å². The molecule has 0 saturated heterocycles. The third kappa shape index (κ3) is 2.29. The Balaban J connectivity index is 3.17. The van der Waals surface area contributed by atoms with Crippen LogP contribution in [0, 0.1) is 0 Å². The highest BCUT2D eigenvalue weighted by Crippen LogP contribution is 2.29. The number of alkyl halides is 2. The summed E-state index contributed by atoms with van der Waals surface area (Å²) in [6.07, 6.45) is -2.47. The van der Waals surface area contributed by atoms with Crippen LogP contribution in [0.4, 0.5) is 8.78 Å². The summed E-state index contributed by atoms with van der Waals surface area (Å²) < 4.78 is 25.2. The van der Waals surface area contributed by atoms with Gasteiger partial charge in [0.25, 0.3) is 6.43 Å². The highest BCUT2D eigenvalue weighted by atomic mass is 19.3. The molecule has 0 amide bonds. The Kier molecular flexibility index (Phi) is 3.58. The van der Waals surface area contributed by atoms with Gasteiger partial charge in [-0.25, -0.2) is 8.78 Å². The van der Waals surface area contributed by atoms with Crippen LogP contribution in [-0.4, -0.2) is 5.11 Å². The Morgan fingerprint density at radius 2 is 1.86 bits per heavy atom. The lowest BCUT2D eigenvalue weighted by atomic mass is 9.95. The van der Waals surface area contributed by atoms with Gasteiger partial charge >= 0.3 is 0 Å². The number of benzene rings is 1. The maximum absolute atomic E-state index is 12.6. The zero-order valence-corrected chi connectivity index (χ0v) is 8.30. The summed E-state index contributed by atoms with van der Waals surface area (Å²) in [5, 5.41) is 8.83. The van der Waals surface area contributed by atoms with Gasteiger partial charge in [-0.05, 0) is 23.1 Å². The molecule has 0 aromatic heterocycles. The summed E-state index contributed by atoms with van der Waals surface area (Å²) in [4.78, 5) is 0. The molecule has 0 bridgehead atoms. The van der Waals surface area contributed by atoms with Gasteiger partial charge < -0.3 is 5.11 Å². The molecule has 0 spiro atoms. The smallest absolute Gasteiger partial charge is 0.264 e. The quantitative estimate of drug-likeness (QED) is 0.794. The molecule has 1 N–H and O–H groups in total. The van der Waals surface area contributed by atoms with E-state index in [4.69, 9.17) is 5.11 Å². The lowest BCUT2D eigenvalue weighted by molar-refractivity contribution is 0.149. The first-order valence-electron chi connectivity index (χ1n) is 4.58. The Hall–Kier alpha value is -0.960. The van der Waals surface area contributed by atoms with E-state index >= 15 is 0 Å². The lowest BCUT2D eigenvalue weighted by Gasteiger charge is -2.13. The third-order valence-electron chi connectivity index (χ3n) is 2.19. The van der Waals surface area contributed by atoms with Gasteiger partial charge in [0, 0.05) is 5.56 Å². The van der Waals surface area contributed by atoms with Gasteiger partial charge in [-0.3, -0.25) is 0 Å². The average Bonchev–Trinajstić information content (AvgIpc) is 2.16. The second-order valence-corrected chi connectivity index (χ2v) is 3.58. The minimum Gasteiger partial charge on any atom is -0.392 e. The van der Waals surface area contributed by atoms with E-state index in [2.05, 4.69) is 0 Å². The first-order chi connectivity index (χ1) is 6.56. The second-order valence-electron chi connectivity index (χ2n) is 3.58. The van der Waals surface area contributed by atoms with E-state index < -0.39 is 6.43 Å². The molecule has 78 valence electrons. The van der Waals surface area contributed by atoms with Gasteiger partial charge in [-0.15, -0.1) is 0 Å². The summed E-state index contributed by atoms with van der Waals surface area (Å²) in [6.45, 7) is 3.55. The molecule has 0 fully saturated rings. The van der Waals surface area contributed by atoms with Crippen molar-refractivity contribution in [2.24, 2.45) is 0 Å². The molecular weight excluding hydrogens is 186 g/mol. The number of hydrogen-bond acceptors (Lipinski definition) is 1.